The molecule has 1 N–H and O–H groups in total. The number of benzene rings is 1. The SMILES string of the molecule is CCCOc1ccccc1-c1cc2c([nH]1)c1nncn1c(=O)n2CCC. The fourth-order valence-corrected chi connectivity index (χ4v) is 3.22. The van der Waals surface area contributed by atoms with Crippen LogP contribution in [0.3, 0.4) is 0 Å². The fourth-order valence-electron chi connectivity index (χ4n) is 3.22. The summed E-state index contributed by atoms with van der Waals surface area (Å²) in [5.41, 5.74) is 3.90. The summed E-state index contributed by atoms with van der Waals surface area (Å²) in [5, 5.41) is 8.03. The highest BCUT2D eigenvalue weighted by molar-refractivity contribution is 5.93. The van der Waals surface area contributed by atoms with E-state index in [1.54, 1.807) is 4.57 Å². The summed E-state index contributed by atoms with van der Waals surface area (Å²) in [4.78, 5) is 16.2. The van der Waals surface area contributed by atoms with Gasteiger partial charge in [0.1, 0.15) is 17.6 Å². The average molecular weight is 351 g/mol. The van der Waals surface area contributed by atoms with Crippen LogP contribution in [0.2, 0.25) is 0 Å². The highest BCUT2D eigenvalue weighted by Crippen LogP contribution is 2.32. The average Bonchev–Trinajstić information content (AvgIpc) is 3.30. The third-order valence-electron chi connectivity index (χ3n) is 4.38. The van der Waals surface area contributed by atoms with Crippen molar-refractivity contribution in [3.05, 3.63) is 47.1 Å². The van der Waals surface area contributed by atoms with Crippen molar-refractivity contribution in [1.29, 1.82) is 0 Å². The second kappa shape index (κ2) is 6.67. The monoisotopic (exact) mass is 351 g/mol. The van der Waals surface area contributed by atoms with E-state index in [1.165, 1.54) is 10.7 Å². The van der Waals surface area contributed by atoms with Crippen LogP contribution in [0.5, 0.6) is 5.75 Å². The number of aromatic amines is 1. The lowest BCUT2D eigenvalue weighted by atomic mass is 10.1. The molecule has 26 heavy (non-hydrogen) atoms. The number of nitrogens with one attached hydrogen (secondary N) is 1. The van der Waals surface area contributed by atoms with Gasteiger partial charge in [0.25, 0.3) is 0 Å². The molecule has 0 saturated heterocycles. The number of H-pyrrole nitrogens is 1. The maximum absolute atomic E-state index is 12.8. The second-order valence-electron chi connectivity index (χ2n) is 6.25. The van der Waals surface area contributed by atoms with E-state index >= 15 is 0 Å². The summed E-state index contributed by atoms with van der Waals surface area (Å²) < 4.78 is 9.14. The standard InChI is InChI=1S/C19H21N5O2/c1-3-9-23-15-11-14(13-7-5-6-8-16(13)26-10-4-2)21-17(15)18-22-20-12-24(18)19(23)25/h5-8,11-12,21H,3-4,9-10H2,1-2H3. The Morgan fingerprint density at radius 3 is 2.85 bits per heavy atom. The molecule has 0 aliphatic carbocycles. The molecule has 1 aromatic carbocycles. The molecule has 0 amide bonds. The van der Waals surface area contributed by atoms with Crippen LogP contribution in [0.1, 0.15) is 26.7 Å². The van der Waals surface area contributed by atoms with Crippen molar-refractivity contribution in [2.45, 2.75) is 33.2 Å². The number of para-hydroxylation sites is 1. The lowest BCUT2D eigenvalue weighted by molar-refractivity contribution is 0.318. The zero-order chi connectivity index (χ0) is 18.1. The van der Waals surface area contributed by atoms with Crippen molar-refractivity contribution in [3.63, 3.8) is 0 Å². The quantitative estimate of drug-likeness (QED) is 0.578. The zero-order valence-electron chi connectivity index (χ0n) is 14.9. The summed E-state index contributed by atoms with van der Waals surface area (Å²) in [6.45, 7) is 5.42. The first kappa shape index (κ1) is 16.4. The number of ether oxygens (including phenoxy) is 1. The minimum Gasteiger partial charge on any atom is -0.493 e. The van der Waals surface area contributed by atoms with Gasteiger partial charge >= 0.3 is 5.69 Å². The zero-order valence-corrected chi connectivity index (χ0v) is 14.9. The maximum atomic E-state index is 12.8. The van der Waals surface area contributed by atoms with Crippen LogP contribution in [-0.4, -0.2) is 30.8 Å². The lowest BCUT2D eigenvalue weighted by Crippen LogP contribution is -2.26. The summed E-state index contributed by atoms with van der Waals surface area (Å²) >= 11 is 0. The first-order valence-corrected chi connectivity index (χ1v) is 8.92. The predicted octanol–water partition coefficient (Wildman–Crippen LogP) is 3.24. The molecule has 3 heterocycles. The molecule has 0 saturated carbocycles. The molecule has 3 aromatic heterocycles. The minimum absolute atomic E-state index is 0.125. The van der Waals surface area contributed by atoms with E-state index < -0.39 is 0 Å². The highest BCUT2D eigenvalue weighted by atomic mass is 16.5. The van der Waals surface area contributed by atoms with E-state index in [9.17, 15) is 4.79 Å². The van der Waals surface area contributed by atoms with Crippen molar-refractivity contribution in [2.24, 2.45) is 0 Å². The van der Waals surface area contributed by atoms with E-state index in [0.717, 1.165) is 40.9 Å². The van der Waals surface area contributed by atoms with Gasteiger partial charge in [-0.3, -0.25) is 4.57 Å². The lowest BCUT2D eigenvalue weighted by Gasteiger charge is -2.09. The molecule has 4 aromatic rings. The van der Waals surface area contributed by atoms with E-state index in [1.807, 2.05) is 30.3 Å². The number of hydrogen-bond acceptors (Lipinski definition) is 4. The molecule has 0 aliphatic rings. The predicted molar refractivity (Wildman–Crippen MR) is 101 cm³/mol. The normalized spacial score (nSPS) is 11.5. The summed E-state index contributed by atoms with van der Waals surface area (Å²) in [6.07, 6.45) is 3.26. The van der Waals surface area contributed by atoms with Crippen LogP contribution >= 0.6 is 0 Å². The first-order valence-electron chi connectivity index (χ1n) is 8.92. The minimum atomic E-state index is -0.125. The molecule has 7 nitrogen and oxygen atoms in total. The van der Waals surface area contributed by atoms with E-state index in [-0.39, 0.29) is 5.69 Å². The van der Waals surface area contributed by atoms with Crippen LogP contribution in [-0.2, 0) is 6.54 Å². The summed E-state index contributed by atoms with van der Waals surface area (Å²) in [7, 11) is 0. The van der Waals surface area contributed by atoms with Crippen LogP contribution in [0.25, 0.3) is 27.9 Å². The van der Waals surface area contributed by atoms with Crippen LogP contribution in [0.15, 0.2) is 41.5 Å². The third kappa shape index (κ3) is 2.56. The van der Waals surface area contributed by atoms with Gasteiger partial charge < -0.3 is 9.72 Å². The van der Waals surface area contributed by atoms with Crippen molar-refractivity contribution in [1.82, 2.24) is 24.1 Å². The maximum Gasteiger partial charge on any atom is 0.335 e. The van der Waals surface area contributed by atoms with Gasteiger partial charge in [-0.2, -0.15) is 0 Å². The molecule has 0 fully saturated rings. The molecular formula is C19H21N5O2. The van der Waals surface area contributed by atoms with Crippen molar-refractivity contribution in [2.75, 3.05) is 6.61 Å². The number of nitrogens with zero attached hydrogens (tertiary/aromatic N) is 4. The summed E-state index contributed by atoms with van der Waals surface area (Å²) in [6, 6.07) is 9.91. The van der Waals surface area contributed by atoms with Crippen LogP contribution < -0.4 is 10.4 Å². The topological polar surface area (TPSA) is 77.2 Å². The second-order valence-corrected chi connectivity index (χ2v) is 6.25. The molecule has 0 bridgehead atoms. The summed E-state index contributed by atoms with van der Waals surface area (Å²) in [5.74, 6) is 0.822. The Bertz CT molecular complexity index is 1120. The molecule has 0 spiro atoms. The molecule has 0 atom stereocenters. The van der Waals surface area contributed by atoms with Gasteiger partial charge in [0.2, 0.25) is 0 Å². The number of rotatable bonds is 6. The molecule has 4 rings (SSSR count). The van der Waals surface area contributed by atoms with E-state index in [0.29, 0.717) is 18.8 Å². The van der Waals surface area contributed by atoms with Gasteiger partial charge in [0, 0.05) is 12.1 Å². The fraction of sp³-hybridized carbons (Fsp3) is 0.316. The Hall–Kier alpha value is -3.09. The van der Waals surface area contributed by atoms with E-state index in [2.05, 4.69) is 29.0 Å². The number of fused-ring (bicyclic) bond motifs is 3. The van der Waals surface area contributed by atoms with Gasteiger partial charge in [0.15, 0.2) is 5.65 Å². The van der Waals surface area contributed by atoms with Crippen LogP contribution in [0, 0.1) is 0 Å². The largest absolute Gasteiger partial charge is 0.493 e. The number of aryl methyl sites for hydroxylation is 1. The first-order chi connectivity index (χ1) is 12.7. The number of aromatic nitrogens is 5. The van der Waals surface area contributed by atoms with E-state index in [4.69, 9.17) is 4.74 Å². The van der Waals surface area contributed by atoms with Gasteiger partial charge in [-0.1, -0.05) is 26.0 Å². The van der Waals surface area contributed by atoms with Gasteiger partial charge in [-0.15, -0.1) is 10.2 Å². The Morgan fingerprint density at radius 1 is 1.19 bits per heavy atom. The van der Waals surface area contributed by atoms with Crippen molar-refractivity contribution >= 4 is 16.7 Å². The highest BCUT2D eigenvalue weighted by Gasteiger charge is 2.17. The Balaban J connectivity index is 1.97. The van der Waals surface area contributed by atoms with Crippen molar-refractivity contribution in [3.8, 4) is 17.0 Å². The van der Waals surface area contributed by atoms with Gasteiger partial charge in [0.05, 0.1) is 17.8 Å². The number of hydrogen-bond donors (Lipinski definition) is 1. The van der Waals surface area contributed by atoms with Crippen LogP contribution in [0.4, 0.5) is 0 Å². The Kier molecular flexibility index (Phi) is 4.20. The molecule has 134 valence electrons. The molecule has 0 unspecified atom stereocenters. The van der Waals surface area contributed by atoms with Crippen molar-refractivity contribution < 1.29 is 4.74 Å². The third-order valence-corrected chi connectivity index (χ3v) is 4.38. The Labute approximate surface area is 150 Å². The Morgan fingerprint density at radius 2 is 2.04 bits per heavy atom. The molecule has 0 aliphatic heterocycles. The molecule has 0 radical (unpaired) electrons. The van der Waals surface area contributed by atoms with Gasteiger partial charge in [-0.25, -0.2) is 9.20 Å². The molecule has 7 heteroatoms. The van der Waals surface area contributed by atoms with Gasteiger partial charge in [-0.05, 0) is 31.0 Å². The smallest absolute Gasteiger partial charge is 0.335 e. The molecular weight excluding hydrogens is 330 g/mol.